The SMILES string of the molecule is C=CC[N@@+]1(C)CCc2cc(OC)cc3c2C1Cc1cccc(OC(N)=O)c1-3. The Bertz CT molecular complexity index is 937. The highest BCUT2D eigenvalue weighted by Gasteiger charge is 2.43. The van der Waals surface area contributed by atoms with Gasteiger partial charge in [0.15, 0.2) is 0 Å². The molecule has 1 unspecified atom stereocenters. The number of primary amides is 1. The Kier molecular flexibility index (Phi) is 4.19. The van der Waals surface area contributed by atoms with Crippen molar-refractivity contribution in [1.82, 2.24) is 0 Å². The monoisotopic (exact) mass is 365 g/mol. The molecule has 0 saturated carbocycles. The molecule has 0 fully saturated rings. The number of hydrogen-bond acceptors (Lipinski definition) is 3. The molecule has 0 saturated heterocycles. The van der Waals surface area contributed by atoms with Crippen LogP contribution in [0.15, 0.2) is 43.0 Å². The van der Waals surface area contributed by atoms with Gasteiger partial charge in [-0.15, -0.1) is 0 Å². The van der Waals surface area contributed by atoms with Gasteiger partial charge in [0.2, 0.25) is 0 Å². The molecule has 2 aromatic rings. The van der Waals surface area contributed by atoms with E-state index in [9.17, 15) is 4.79 Å². The Morgan fingerprint density at radius 1 is 1.37 bits per heavy atom. The molecular formula is C22H25N2O3+. The molecule has 2 atom stereocenters. The molecular weight excluding hydrogens is 340 g/mol. The molecule has 2 aromatic carbocycles. The number of quaternary nitrogens is 1. The number of likely N-dealkylation sites (N-methyl/N-ethyl adjacent to an activating group) is 1. The summed E-state index contributed by atoms with van der Waals surface area (Å²) in [4.78, 5) is 11.4. The number of nitrogens with two attached hydrogens (primary N) is 1. The van der Waals surface area contributed by atoms with Crippen molar-refractivity contribution < 1.29 is 18.8 Å². The molecule has 5 heteroatoms. The standard InChI is InChI=1S/C22H24N2O3/c1-4-9-24(2)10-8-15-11-16(26-3)13-17-20(15)18(24)12-14-6-5-7-19(21(14)17)27-22(23)25/h4-7,11,13,18H,1,8-10,12H2,2-3H3,(H-,23,25)/p+1/t18?,24-/m0/s1. The van der Waals surface area contributed by atoms with E-state index in [1.807, 2.05) is 12.1 Å². The predicted molar refractivity (Wildman–Crippen MR) is 105 cm³/mol. The van der Waals surface area contributed by atoms with Gasteiger partial charge < -0.3 is 19.7 Å². The molecule has 0 radical (unpaired) electrons. The van der Waals surface area contributed by atoms with Crippen LogP contribution in [-0.4, -0.2) is 37.8 Å². The number of fused-ring (bicyclic) bond motifs is 2. The summed E-state index contributed by atoms with van der Waals surface area (Å²) in [6.45, 7) is 5.95. The quantitative estimate of drug-likeness (QED) is 0.665. The molecule has 4 rings (SSSR count). The van der Waals surface area contributed by atoms with Gasteiger partial charge in [-0.3, -0.25) is 0 Å². The Morgan fingerprint density at radius 2 is 2.19 bits per heavy atom. The summed E-state index contributed by atoms with van der Waals surface area (Å²) in [5.41, 5.74) is 11.2. The molecule has 1 aliphatic heterocycles. The molecule has 0 aromatic heterocycles. The molecule has 1 amide bonds. The van der Waals surface area contributed by atoms with Gasteiger partial charge in [-0.05, 0) is 41.0 Å². The number of rotatable bonds is 4. The predicted octanol–water partition coefficient (Wildman–Crippen LogP) is 3.61. The van der Waals surface area contributed by atoms with Crippen LogP contribution in [0, 0.1) is 0 Å². The number of carbonyl (C=O) groups excluding carboxylic acids is 1. The van der Waals surface area contributed by atoms with Crippen LogP contribution in [-0.2, 0) is 12.8 Å². The number of carbonyl (C=O) groups is 1. The first-order valence-corrected chi connectivity index (χ1v) is 9.22. The van der Waals surface area contributed by atoms with Crippen LogP contribution in [0.1, 0.15) is 22.7 Å². The van der Waals surface area contributed by atoms with Crippen LogP contribution in [0.5, 0.6) is 11.5 Å². The first-order chi connectivity index (χ1) is 13.0. The van der Waals surface area contributed by atoms with Crippen LogP contribution < -0.4 is 15.2 Å². The van der Waals surface area contributed by atoms with Gasteiger partial charge in [-0.2, -0.15) is 0 Å². The third-order valence-electron chi connectivity index (χ3n) is 6.00. The second-order valence-electron chi connectivity index (χ2n) is 7.60. The van der Waals surface area contributed by atoms with Crippen LogP contribution in [0.4, 0.5) is 4.79 Å². The summed E-state index contributed by atoms with van der Waals surface area (Å²) < 4.78 is 11.8. The van der Waals surface area contributed by atoms with Crippen molar-refractivity contribution in [3.63, 3.8) is 0 Å². The van der Waals surface area contributed by atoms with Gasteiger partial charge in [0, 0.05) is 24.0 Å². The van der Waals surface area contributed by atoms with Crippen LogP contribution in [0.25, 0.3) is 11.1 Å². The summed E-state index contributed by atoms with van der Waals surface area (Å²) in [6.07, 6.45) is 3.09. The molecule has 140 valence electrons. The highest BCUT2D eigenvalue weighted by atomic mass is 16.5. The molecule has 2 aliphatic rings. The van der Waals surface area contributed by atoms with Gasteiger partial charge in [0.25, 0.3) is 0 Å². The highest BCUT2D eigenvalue weighted by Crippen LogP contribution is 2.51. The van der Waals surface area contributed by atoms with Crippen molar-refractivity contribution in [2.45, 2.75) is 18.9 Å². The lowest BCUT2D eigenvalue weighted by Gasteiger charge is -2.48. The topological polar surface area (TPSA) is 61.6 Å². The second-order valence-corrected chi connectivity index (χ2v) is 7.60. The fourth-order valence-corrected chi connectivity index (χ4v) is 4.74. The lowest BCUT2D eigenvalue weighted by molar-refractivity contribution is -0.936. The van der Waals surface area contributed by atoms with E-state index in [-0.39, 0.29) is 0 Å². The normalized spacial score (nSPS) is 22.4. The van der Waals surface area contributed by atoms with Crippen LogP contribution in [0.2, 0.25) is 0 Å². The Balaban J connectivity index is 1.98. The lowest BCUT2D eigenvalue weighted by Crippen LogP contribution is -2.52. The third kappa shape index (κ3) is 2.79. The van der Waals surface area contributed by atoms with E-state index in [0.29, 0.717) is 11.8 Å². The largest absolute Gasteiger partial charge is 0.497 e. The van der Waals surface area contributed by atoms with E-state index in [4.69, 9.17) is 15.2 Å². The fraction of sp³-hybridized carbons (Fsp3) is 0.318. The molecule has 1 heterocycles. The number of benzene rings is 2. The maximum Gasteiger partial charge on any atom is 0.409 e. The Labute approximate surface area is 159 Å². The van der Waals surface area contributed by atoms with E-state index in [2.05, 4.69) is 31.8 Å². The summed E-state index contributed by atoms with van der Waals surface area (Å²) in [6, 6.07) is 10.4. The molecule has 0 spiro atoms. The van der Waals surface area contributed by atoms with Crippen molar-refractivity contribution in [2.24, 2.45) is 5.73 Å². The second kappa shape index (κ2) is 6.43. The van der Waals surface area contributed by atoms with Gasteiger partial charge in [0.05, 0.1) is 27.2 Å². The van der Waals surface area contributed by atoms with Crippen molar-refractivity contribution >= 4 is 6.09 Å². The summed E-state index contributed by atoms with van der Waals surface area (Å²) in [7, 11) is 3.99. The average molecular weight is 365 g/mol. The zero-order valence-electron chi connectivity index (χ0n) is 15.8. The van der Waals surface area contributed by atoms with Gasteiger partial charge in [-0.1, -0.05) is 18.7 Å². The zero-order chi connectivity index (χ0) is 19.2. The highest BCUT2D eigenvalue weighted by molar-refractivity contribution is 5.83. The smallest absolute Gasteiger partial charge is 0.409 e. The number of amides is 1. The van der Waals surface area contributed by atoms with Gasteiger partial charge in [0.1, 0.15) is 17.5 Å². The minimum atomic E-state index is -0.797. The summed E-state index contributed by atoms with van der Waals surface area (Å²) in [5, 5.41) is 0. The van der Waals surface area contributed by atoms with E-state index in [1.165, 1.54) is 16.7 Å². The first-order valence-electron chi connectivity index (χ1n) is 9.22. The summed E-state index contributed by atoms with van der Waals surface area (Å²) >= 11 is 0. The van der Waals surface area contributed by atoms with Crippen molar-refractivity contribution in [1.29, 1.82) is 0 Å². The third-order valence-corrected chi connectivity index (χ3v) is 6.00. The van der Waals surface area contributed by atoms with E-state index < -0.39 is 6.09 Å². The van der Waals surface area contributed by atoms with Crippen LogP contribution in [0.3, 0.4) is 0 Å². The first kappa shape index (κ1) is 17.6. The van der Waals surface area contributed by atoms with Crippen molar-refractivity contribution in [3.05, 3.63) is 59.7 Å². The molecule has 0 bridgehead atoms. The number of methoxy groups -OCH3 is 1. The van der Waals surface area contributed by atoms with Crippen molar-refractivity contribution in [2.75, 3.05) is 27.2 Å². The van der Waals surface area contributed by atoms with E-state index >= 15 is 0 Å². The molecule has 27 heavy (non-hydrogen) atoms. The van der Waals surface area contributed by atoms with Gasteiger partial charge in [-0.25, -0.2) is 4.79 Å². The van der Waals surface area contributed by atoms with E-state index in [1.54, 1.807) is 13.2 Å². The Morgan fingerprint density at radius 3 is 2.89 bits per heavy atom. The Hall–Kier alpha value is -2.79. The lowest BCUT2D eigenvalue weighted by atomic mass is 9.75. The maximum absolute atomic E-state index is 11.4. The molecule has 1 aliphatic carbocycles. The van der Waals surface area contributed by atoms with Crippen molar-refractivity contribution in [3.8, 4) is 22.6 Å². The minimum absolute atomic E-state index is 0.337. The molecule has 2 N–H and O–H groups in total. The average Bonchev–Trinajstić information content (AvgIpc) is 2.64. The van der Waals surface area contributed by atoms with E-state index in [0.717, 1.165) is 47.3 Å². The zero-order valence-corrected chi connectivity index (χ0v) is 15.8. The van der Waals surface area contributed by atoms with Crippen LogP contribution >= 0.6 is 0 Å². The fourth-order valence-electron chi connectivity index (χ4n) is 4.74. The number of hydrogen-bond donors (Lipinski definition) is 1. The van der Waals surface area contributed by atoms with Gasteiger partial charge >= 0.3 is 6.09 Å². The maximum atomic E-state index is 11.4. The summed E-state index contributed by atoms with van der Waals surface area (Å²) in [5.74, 6) is 1.33. The minimum Gasteiger partial charge on any atom is -0.497 e. The molecule has 5 nitrogen and oxygen atoms in total. The number of nitrogens with zero attached hydrogens (tertiary/aromatic N) is 1. The number of ether oxygens (including phenoxy) is 2.